The average Bonchev–Trinajstić information content (AvgIpc) is 1.61. The fourth-order valence-corrected chi connectivity index (χ4v) is 20.5. The number of nitrogen functional groups attached to an aromatic ring is 1. The third kappa shape index (κ3) is 38.5. The molecule has 5 fully saturated rings. The molecule has 51 heteroatoms. The maximum absolute atomic E-state index is 12.8. The van der Waals surface area contributed by atoms with Gasteiger partial charge in [0.1, 0.15) is 35.7 Å². The molecule has 15 rings (SSSR count). The second-order valence-electron chi connectivity index (χ2n) is 32.6. The van der Waals surface area contributed by atoms with Crippen LogP contribution in [0.5, 0.6) is 0 Å². The fourth-order valence-electron chi connectivity index (χ4n) is 15.9. The molecule has 0 spiro atoms. The Labute approximate surface area is 849 Å². The summed E-state index contributed by atoms with van der Waals surface area (Å²) in [6.45, 7) is 0. The molecule has 14 N–H and O–H groups in total. The topological polar surface area (TPSA) is 658 Å². The Balaban J connectivity index is 0.000000339. The van der Waals surface area contributed by atoms with E-state index in [1.54, 1.807) is 67.7 Å². The Kier molecular flexibility index (Phi) is 52.4. The smallest absolute Gasteiger partial charge is 0.399 e. The van der Waals surface area contributed by atoms with Gasteiger partial charge in [0, 0.05) is 39.1 Å². The Morgan fingerprint density at radius 2 is 0.671 bits per heavy atom. The van der Waals surface area contributed by atoms with Gasteiger partial charge in [-0.3, -0.25) is 4.91 Å². The van der Waals surface area contributed by atoms with Crippen LogP contribution in [0, 0.1) is 86.4 Å². The predicted molar refractivity (Wildman–Crippen MR) is 521 cm³/mol. The van der Waals surface area contributed by atoms with Gasteiger partial charge in [0.15, 0.2) is 0 Å². The minimum absolute atomic E-state index is 0. The molecule has 5 saturated carbocycles. The number of aryl methyl sites for hydroxylation is 1. The summed E-state index contributed by atoms with van der Waals surface area (Å²) in [4.78, 5) is 3.28. The molecule has 0 bridgehead atoms. The fraction of sp³-hybridized carbons (Fsp3) is 0.449. The zero-order valence-electron chi connectivity index (χ0n) is 78.8. The van der Waals surface area contributed by atoms with E-state index < -0.39 is 76.6 Å². The number of nitrogens with zero attached hydrogens (tertiary/aromatic N) is 17. The third-order valence-corrected chi connectivity index (χ3v) is 31.8. The van der Waals surface area contributed by atoms with Crippen LogP contribution in [0.25, 0.3) is 50.1 Å². The van der Waals surface area contributed by atoms with Crippen molar-refractivity contribution >= 4 is 87.9 Å². The van der Waals surface area contributed by atoms with E-state index in [1.165, 1.54) is 236 Å². The van der Waals surface area contributed by atoms with Crippen LogP contribution in [-0.2, 0) is 91.9 Å². The minimum Gasteiger partial charge on any atom is -0.399 e. The summed E-state index contributed by atoms with van der Waals surface area (Å²) < 4.78 is 189. The van der Waals surface area contributed by atoms with Gasteiger partial charge in [0.2, 0.25) is 67.6 Å². The van der Waals surface area contributed by atoms with Gasteiger partial charge in [-0.05, 0) is 238 Å². The van der Waals surface area contributed by atoms with Crippen LogP contribution < -0.4 is 70.8 Å². The molecule has 5 aliphatic rings. The predicted octanol–water partition coefficient (Wildman–Crippen LogP) is 11.5. The van der Waals surface area contributed by atoms with Crippen molar-refractivity contribution in [3.8, 4) is 58.4 Å². The molecule has 0 aliphatic heterocycles. The van der Waals surface area contributed by atoms with E-state index in [-0.39, 0.29) is 94.2 Å². The molecule has 0 saturated heterocycles. The van der Waals surface area contributed by atoms with Gasteiger partial charge in [-0.25, -0.2) is 87.3 Å². The number of halogens is 5. The first-order valence-electron chi connectivity index (χ1n) is 44.1. The maximum atomic E-state index is 12.8. The van der Waals surface area contributed by atoms with E-state index in [9.17, 15) is 68.9 Å². The van der Waals surface area contributed by atoms with Crippen LogP contribution in [-0.4, -0.2) is 153 Å². The largest absolute Gasteiger partial charge is 1.00 e. The van der Waals surface area contributed by atoms with Crippen LogP contribution in [0.15, 0.2) is 157 Å². The van der Waals surface area contributed by atoms with E-state index in [2.05, 4.69) is 86.3 Å². The van der Waals surface area contributed by atoms with Gasteiger partial charge in [0.25, 0.3) is 9.05 Å². The summed E-state index contributed by atoms with van der Waals surface area (Å²) in [6, 6.07) is 37.5. The van der Waals surface area contributed by atoms with Crippen molar-refractivity contribution in [2.24, 2.45) is 36.5 Å². The number of nitriles is 4. The number of hydrogen-bond acceptors (Lipinski definition) is 28. The van der Waals surface area contributed by atoms with Crippen LogP contribution in [0.3, 0.4) is 0 Å². The molecule has 7 aromatic carbocycles. The maximum Gasteiger partial charge on any atom is 1.00 e. The van der Waals surface area contributed by atoms with Crippen molar-refractivity contribution in [1.82, 2.24) is 91.2 Å². The Morgan fingerprint density at radius 1 is 0.407 bits per heavy atom. The first-order valence-corrected chi connectivity index (χ1v) is 53.8. The van der Waals surface area contributed by atoms with Crippen molar-refractivity contribution in [3.63, 3.8) is 0 Å². The van der Waals surface area contributed by atoms with Gasteiger partial charge in [-0.1, -0.05) is 172 Å². The van der Waals surface area contributed by atoms with Gasteiger partial charge >= 0.3 is 29.6 Å². The number of H-pyrrole nitrogens is 2. The van der Waals surface area contributed by atoms with Crippen molar-refractivity contribution in [1.29, 1.82) is 21.0 Å². The zero-order valence-corrected chi connectivity index (χ0v) is 87.2. The summed E-state index contributed by atoms with van der Waals surface area (Å²) in [6.07, 6.45) is 35.5. The van der Waals surface area contributed by atoms with E-state index >= 15 is 0 Å². The molecular weight excluding hydrogens is 1980 g/mol. The van der Waals surface area contributed by atoms with Crippen LogP contribution in [0.2, 0.25) is 0 Å². The van der Waals surface area contributed by atoms with E-state index in [0.717, 1.165) is 101 Å². The Hall–Kier alpha value is -10.4. The van der Waals surface area contributed by atoms with Crippen LogP contribution >= 0.6 is 23.1 Å². The number of rotatable bonds is 22. The zero-order chi connectivity index (χ0) is 101. The second kappa shape index (κ2) is 60.1. The van der Waals surface area contributed by atoms with Gasteiger partial charge in [-0.2, -0.15) is 36.3 Å². The number of nitrogens with one attached hydrogen (secondary N) is 7. The van der Waals surface area contributed by atoms with Crippen molar-refractivity contribution in [2.45, 2.75) is 222 Å². The van der Waals surface area contributed by atoms with E-state index in [4.69, 9.17) is 49.0 Å². The summed E-state index contributed by atoms with van der Waals surface area (Å²) >= 11 is 0. The summed E-state index contributed by atoms with van der Waals surface area (Å²) in [7, 11) is -7.99. The first kappa shape index (κ1) is 122. The Morgan fingerprint density at radius 3 is 0.943 bits per heavy atom. The number of hydrogen-bond donors (Lipinski definition) is 10. The molecule has 3 heterocycles. The number of benzene rings is 7. The molecule has 39 nitrogen and oxygen atoms in total. The van der Waals surface area contributed by atoms with Gasteiger partial charge in [-0.15, -0.1) is 43.0 Å². The summed E-state index contributed by atoms with van der Waals surface area (Å²) in [5.74, 6) is 1.85. The molecular formula is C89H117Cl2F3N27NaO12S6. The molecule has 0 amide bonds. The normalized spacial score (nSPS) is 14.7. The summed E-state index contributed by atoms with van der Waals surface area (Å²) in [5, 5.41) is 74.8. The molecule has 0 unspecified atom stereocenters. The SMILES string of the molecule is CNS(=O)(=O)c1ccc(CC2CCCCC2)c(-c2nn[nH]n2)c1.CNS(=O)(=O)c1ccc(CC2CCCCC2)c(-c2nn[nH]n2)c1.CNS(=O)(=O)c1ccc(CC2CCCCC2)c(-c2nnn(C)n2)c1.CNS(=O)(=O)c1ccc(CC2CCCCC2)c(C#N)c1.CNS(=O)(=O)c1ccc(F)c(C#N)c1.Cl.N.N#Cc1cc(N)ccc1F.N#Cc1cc(S(=O)(=O)Cl)ccc1F.NC1CCCCC1.[N-]=[N+]=[N-].[Na+]. The van der Waals surface area contributed by atoms with Crippen LogP contribution in [0.4, 0.5) is 18.9 Å². The molecule has 140 heavy (non-hydrogen) atoms. The third-order valence-electron chi connectivity index (χ3n) is 23.4. The van der Waals surface area contributed by atoms with Gasteiger partial charge < -0.3 is 28.7 Å². The first-order chi connectivity index (χ1) is 65.3. The molecule has 752 valence electrons. The molecule has 0 radical (unpaired) electrons. The number of nitrogens with two attached hydrogens (primary N) is 2. The van der Waals surface area contributed by atoms with Gasteiger partial charge in [0.05, 0.1) is 64.7 Å². The monoisotopic (exact) mass is 2100 g/mol. The van der Waals surface area contributed by atoms with Crippen molar-refractivity contribution in [2.75, 3.05) is 41.0 Å². The average molecular weight is 2100 g/mol. The standard InChI is InChI=1S/C16H23N5O2S.2C15H21N5O2S.C15H20N2O2S.C8H7FN2O2S.C7H3ClFNO2S.C7H5FN2.C6H13N.ClH.N3.H3N.Na/c1-17-24(22,23)14-9-8-13(10-12-6-4-3-5-7-12)15(11-14)16-18-20-21(2)19-16;2*1-16-23(21,22)13-8-7-12(9-11-5-3-2-4-6-11)14(10-13)15-17-19-20-18-15;1-17-20(18,19)15-8-7-13(14(10-15)11-16)9-12-5-3-2-4-6-12;1-11-14(12,13)7-2-3-8(9)6(4-7)5-10;8-13(11,12)6-1-2-7(9)5(3-6)4-10;8-7-2-1-6(10)3-5(7)4-9;7-6-4-2-1-3-5-6;;1-3-2;;/h8-9,11-12,17H,3-7,10H2,1-2H3;2*7-8,10-11,16H,2-6,9H2,1H3,(H,17,18,19,20);7-8,10,12,17H,2-6,9H2,1H3;2-4,11H,1H3;1-3H;1-3H,10H2;6H,1-5,7H2;1H;;1H3;/q;;;;;;;;;-1;;+1. The second-order valence-corrected chi connectivity index (χ2v) is 44.6. The number of anilines is 1. The number of aromatic nitrogens is 12. The van der Waals surface area contributed by atoms with E-state index in [1.807, 2.05) is 18.2 Å². The van der Waals surface area contributed by atoms with Crippen molar-refractivity contribution < 1.29 is 93.2 Å². The molecule has 5 aliphatic carbocycles. The Bertz CT molecular complexity index is 6460. The summed E-state index contributed by atoms with van der Waals surface area (Å²) in [5.41, 5.74) is 31.1. The number of tetrazole rings is 3. The minimum atomic E-state index is -3.90. The number of sulfonamides is 5. The van der Waals surface area contributed by atoms with Crippen LogP contribution in [0.1, 0.15) is 205 Å². The number of aromatic amines is 2. The quantitative estimate of drug-likeness (QED) is 0.00752. The molecule has 10 aromatic rings. The molecule has 3 aromatic heterocycles. The van der Waals surface area contributed by atoms with E-state index in [0.29, 0.717) is 58.4 Å². The van der Waals surface area contributed by atoms with Crippen molar-refractivity contribution in [3.05, 3.63) is 205 Å². The molecule has 0 atom stereocenters.